The molecule has 2 aliphatic heterocycles. The zero-order valence-electron chi connectivity index (χ0n) is 16.7. The molecular weight excluding hydrogens is 358 g/mol. The fraction of sp³-hybridized carbons (Fsp3) is 0.600. The summed E-state index contributed by atoms with van der Waals surface area (Å²) in [5.74, 6) is -0.783. The van der Waals surface area contributed by atoms with Gasteiger partial charge in [-0.1, -0.05) is 18.2 Å². The molecule has 2 fully saturated rings. The second kappa shape index (κ2) is 7.88. The summed E-state index contributed by atoms with van der Waals surface area (Å²) in [7, 11) is 2.12. The van der Waals surface area contributed by atoms with Crippen molar-refractivity contribution in [3.63, 3.8) is 0 Å². The molecule has 28 heavy (non-hydrogen) atoms. The third-order valence-corrected chi connectivity index (χ3v) is 5.34. The van der Waals surface area contributed by atoms with Gasteiger partial charge in [-0.25, -0.2) is 0 Å². The molecule has 2 aliphatic rings. The summed E-state index contributed by atoms with van der Waals surface area (Å²) in [6.45, 7) is 8.19. The normalized spacial score (nSPS) is 27.1. The molecule has 152 valence electrons. The van der Waals surface area contributed by atoms with E-state index in [-0.39, 0.29) is 0 Å². The van der Waals surface area contributed by atoms with Crippen LogP contribution >= 0.6 is 0 Å². The minimum absolute atomic E-state index is 0.463. The number of hydrogen-bond donors (Lipinski definition) is 1. The predicted octanol–water partition coefficient (Wildman–Crippen LogP) is 1.07. The number of rotatable bonds is 5. The van der Waals surface area contributed by atoms with E-state index in [4.69, 9.17) is 9.47 Å². The number of aromatic nitrogens is 3. The van der Waals surface area contributed by atoms with Crippen molar-refractivity contribution >= 4 is 0 Å². The number of piperazine rings is 1. The molecule has 1 aromatic carbocycles. The number of benzene rings is 1. The summed E-state index contributed by atoms with van der Waals surface area (Å²) < 4.78 is 12.2. The number of hydrogen-bond acceptors (Lipinski definition) is 7. The Bertz CT molecular complexity index is 773. The maximum atomic E-state index is 10.9. The van der Waals surface area contributed by atoms with E-state index < -0.39 is 24.1 Å². The summed E-state index contributed by atoms with van der Waals surface area (Å²) in [5.41, 5.74) is 1.54. The van der Waals surface area contributed by atoms with Crippen molar-refractivity contribution in [2.75, 3.05) is 39.8 Å². The SMILES string of the molecule is CN1CCN(CC(O)C2OC(C)(C)OC2c2cnn(-c3ccccc3)n2)CC1. The molecule has 3 atom stereocenters. The Kier molecular flexibility index (Phi) is 5.48. The van der Waals surface area contributed by atoms with Crippen LogP contribution in [0.5, 0.6) is 0 Å². The molecule has 3 unspecified atom stereocenters. The Labute approximate surface area is 165 Å². The first-order valence-corrected chi connectivity index (χ1v) is 9.83. The molecule has 8 heteroatoms. The third-order valence-electron chi connectivity index (χ3n) is 5.34. The minimum Gasteiger partial charge on any atom is -0.389 e. The fourth-order valence-electron chi connectivity index (χ4n) is 3.79. The third kappa shape index (κ3) is 4.26. The van der Waals surface area contributed by atoms with E-state index in [9.17, 15) is 5.11 Å². The molecule has 2 saturated heterocycles. The van der Waals surface area contributed by atoms with Crippen LogP contribution in [0.25, 0.3) is 5.69 Å². The zero-order valence-corrected chi connectivity index (χ0v) is 16.7. The lowest BCUT2D eigenvalue weighted by atomic mass is 10.1. The average Bonchev–Trinajstić information content (AvgIpc) is 3.28. The van der Waals surface area contributed by atoms with Crippen molar-refractivity contribution in [1.29, 1.82) is 0 Å². The van der Waals surface area contributed by atoms with Crippen molar-refractivity contribution in [3.8, 4) is 5.69 Å². The number of ether oxygens (including phenoxy) is 2. The maximum absolute atomic E-state index is 10.9. The van der Waals surface area contributed by atoms with Gasteiger partial charge < -0.3 is 19.5 Å². The molecule has 0 spiro atoms. The number of β-amino-alcohol motifs (C(OH)–C–C–N with tert-alkyl or cyclic N) is 1. The van der Waals surface area contributed by atoms with E-state index in [1.165, 1.54) is 0 Å². The molecular formula is C20H29N5O3. The smallest absolute Gasteiger partial charge is 0.164 e. The van der Waals surface area contributed by atoms with Crippen LogP contribution in [0.15, 0.2) is 36.5 Å². The van der Waals surface area contributed by atoms with Gasteiger partial charge in [0.15, 0.2) is 5.79 Å². The summed E-state index contributed by atoms with van der Waals surface area (Å²) in [6.07, 6.45) is 0.0698. The van der Waals surface area contributed by atoms with E-state index in [2.05, 4.69) is 27.0 Å². The van der Waals surface area contributed by atoms with E-state index in [0.717, 1.165) is 31.9 Å². The molecule has 0 aliphatic carbocycles. The van der Waals surface area contributed by atoms with E-state index in [0.29, 0.717) is 12.2 Å². The molecule has 0 amide bonds. The van der Waals surface area contributed by atoms with Gasteiger partial charge in [0.1, 0.15) is 17.9 Å². The van der Waals surface area contributed by atoms with Crippen molar-refractivity contribution in [2.45, 2.75) is 37.9 Å². The van der Waals surface area contributed by atoms with E-state index in [1.54, 1.807) is 11.0 Å². The van der Waals surface area contributed by atoms with Crippen LogP contribution in [0, 0.1) is 0 Å². The van der Waals surface area contributed by atoms with Crippen LogP contribution in [0.2, 0.25) is 0 Å². The quantitative estimate of drug-likeness (QED) is 0.822. The van der Waals surface area contributed by atoms with Crippen LogP contribution < -0.4 is 0 Å². The lowest BCUT2D eigenvalue weighted by Gasteiger charge is -2.34. The van der Waals surface area contributed by atoms with Crippen molar-refractivity contribution in [1.82, 2.24) is 24.8 Å². The second-order valence-corrected chi connectivity index (χ2v) is 8.09. The highest BCUT2D eigenvalue weighted by molar-refractivity contribution is 5.28. The van der Waals surface area contributed by atoms with Crippen LogP contribution in [0.4, 0.5) is 0 Å². The van der Waals surface area contributed by atoms with E-state index in [1.807, 2.05) is 44.2 Å². The Morgan fingerprint density at radius 1 is 1.14 bits per heavy atom. The topological polar surface area (TPSA) is 75.9 Å². The Balaban J connectivity index is 1.49. The largest absolute Gasteiger partial charge is 0.389 e. The highest BCUT2D eigenvalue weighted by atomic mass is 16.8. The first kappa shape index (κ1) is 19.5. The van der Waals surface area contributed by atoms with Crippen LogP contribution in [-0.2, 0) is 9.47 Å². The zero-order chi connectivity index (χ0) is 19.7. The van der Waals surface area contributed by atoms with E-state index >= 15 is 0 Å². The van der Waals surface area contributed by atoms with Gasteiger partial charge in [-0.15, -0.1) is 0 Å². The number of aliphatic hydroxyl groups is 1. The van der Waals surface area contributed by atoms with Gasteiger partial charge in [-0.3, -0.25) is 4.90 Å². The molecule has 1 N–H and O–H groups in total. The van der Waals surface area contributed by atoms with Gasteiger partial charge in [-0.2, -0.15) is 15.0 Å². The Hall–Kier alpha value is -1.84. The van der Waals surface area contributed by atoms with Crippen LogP contribution in [0.3, 0.4) is 0 Å². The molecule has 8 nitrogen and oxygen atoms in total. The van der Waals surface area contributed by atoms with Crippen molar-refractivity contribution in [2.24, 2.45) is 0 Å². The molecule has 0 saturated carbocycles. The maximum Gasteiger partial charge on any atom is 0.164 e. The number of nitrogens with zero attached hydrogens (tertiary/aromatic N) is 5. The lowest BCUT2D eigenvalue weighted by Crippen LogP contribution is -2.49. The molecule has 4 rings (SSSR count). The van der Waals surface area contributed by atoms with Gasteiger partial charge in [0.25, 0.3) is 0 Å². The Morgan fingerprint density at radius 2 is 1.86 bits per heavy atom. The lowest BCUT2D eigenvalue weighted by molar-refractivity contribution is -0.157. The molecule has 2 aromatic rings. The second-order valence-electron chi connectivity index (χ2n) is 8.09. The molecule has 1 aromatic heterocycles. The van der Waals surface area contributed by atoms with Gasteiger partial charge >= 0.3 is 0 Å². The van der Waals surface area contributed by atoms with Crippen molar-refractivity contribution < 1.29 is 14.6 Å². The number of para-hydroxylation sites is 1. The molecule has 3 heterocycles. The highest BCUT2D eigenvalue weighted by Gasteiger charge is 2.47. The molecule has 0 bridgehead atoms. The average molecular weight is 387 g/mol. The minimum atomic E-state index is -0.783. The Morgan fingerprint density at radius 3 is 2.57 bits per heavy atom. The van der Waals surface area contributed by atoms with Gasteiger partial charge in [0, 0.05) is 32.7 Å². The van der Waals surface area contributed by atoms with Gasteiger partial charge in [0.05, 0.1) is 18.0 Å². The first-order valence-electron chi connectivity index (χ1n) is 9.83. The monoisotopic (exact) mass is 387 g/mol. The summed E-state index contributed by atoms with van der Waals surface area (Å²) in [5, 5.41) is 19.9. The summed E-state index contributed by atoms with van der Waals surface area (Å²) in [4.78, 5) is 6.15. The van der Waals surface area contributed by atoms with Crippen LogP contribution in [-0.4, -0.2) is 87.7 Å². The first-order chi connectivity index (χ1) is 13.4. The van der Waals surface area contributed by atoms with Crippen LogP contribution in [0.1, 0.15) is 25.6 Å². The van der Waals surface area contributed by atoms with Gasteiger partial charge in [0.2, 0.25) is 0 Å². The summed E-state index contributed by atoms with van der Waals surface area (Å²) in [6, 6.07) is 9.73. The summed E-state index contributed by atoms with van der Waals surface area (Å²) >= 11 is 0. The van der Waals surface area contributed by atoms with Gasteiger partial charge in [-0.05, 0) is 33.0 Å². The highest BCUT2D eigenvalue weighted by Crippen LogP contribution is 2.39. The van der Waals surface area contributed by atoms with Crippen molar-refractivity contribution in [3.05, 3.63) is 42.2 Å². The molecule has 0 radical (unpaired) electrons. The number of likely N-dealkylation sites (N-methyl/N-ethyl adjacent to an activating group) is 1. The predicted molar refractivity (Wildman–Crippen MR) is 104 cm³/mol. The number of aliphatic hydroxyl groups excluding tert-OH is 1. The standard InChI is InChI=1S/C20H29N5O3/c1-20(2)27-18(16-13-21-25(22-16)15-7-5-4-6-8-15)19(28-20)17(26)14-24-11-9-23(3)10-12-24/h4-8,13,17-19,26H,9-12,14H2,1-3H3. The fourth-order valence-corrected chi connectivity index (χ4v) is 3.79.